The Labute approximate surface area is 240 Å². The number of nitrogens with zero attached hydrogens (tertiary/aromatic N) is 4. The average Bonchev–Trinajstić information content (AvgIpc) is 3.48. The average molecular weight is 580 g/mol. The van der Waals surface area contributed by atoms with Gasteiger partial charge in [-0.05, 0) is 49.2 Å². The van der Waals surface area contributed by atoms with Crippen LogP contribution in [0.25, 0.3) is 11.0 Å². The van der Waals surface area contributed by atoms with E-state index in [1.807, 2.05) is 48.7 Å². The normalized spacial score (nSPS) is 16.9. The molecule has 0 unspecified atom stereocenters. The van der Waals surface area contributed by atoms with Crippen molar-refractivity contribution in [1.82, 2.24) is 19.9 Å². The van der Waals surface area contributed by atoms with Gasteiger partial charge in [0.15, 0.2) is 0 Å². The fourth-order valence-electron chi connectivity index (χ4n) is 5.61. The minimum absolute atomic E-state index is 0.263. The topological polar surface area (TPSA) is 99.8 Å². The van der Waals surface area contributed by atoms with Gasteiger partial charge in [0, 0.05) is 58.3 Å². The van der Waals surface area contributed by atoms with E-state index < -0.39 is 8.38 Å². The lowest BCUT2D eigenvalue weighted by molar-refractivity contribution is 0.0115. The summed E-state index contributed by atoms with van der Waals surface area (Å²) >= 11 is 0. The van der Waals surface area contributed by atoms with Gasteiger partial charge in [0.1, 0.15) is 17.3 Å². The van der Waals surface area contributed by atoms with Crippen LogP contribution in [0.5, 0.6) is 0 Å². The first-order valence-electron chi connectivity index (χ1n) is 13.9. The van der Waals surface area contributed by atoms with Crippen LogP contribution >= 0.6 is 8.38 Å². The molecule has 0 atom stereocenters. The molecule has 6 rings (SSSR count). The maximum absolute atomic E-state index is 15.4. The molecule has 216 valence electrons. The van der Waals surface area contributed by atoms with E-state index in [9.17, 15) is 0 Å². The number of ether oxygens (including phenoxy) is 1. The second kappa shape index (κ2) is 12.7. The second-order valence-electron chi connectivity index (χ2n) is 10.1. The number of morpholine rings is 1. The van der Waals surface area contributed by atoms with Crippen LogP contribution in [0.4, 0.5) is 33.2 Å². The standard InChI is InChI=1S/C29H35FN7O3P/c1-38-41(39-2)26-6-4-3-5-24(26)33-28-22-9-12-31-27(22)34-29(35-28)32-20-7-8-25(23(30)19-20)37-13-10-21(11-14-37)36-15-17-40-18-16-36/h3-9,12,19,21H,10-11,13-18H2,1-2H3,(H3,31,32,33,34,35). The molecule has 10 nitrogen and oxygen atoms in total. The maximum atomic E-state index is 15.4. The minimum Gasteiger partial charge on any atom is -0.379 e. The number of hydrogen-bond donors (Lipinski definition) is 3. The summed E-state index contributed by atoms with van der Waals surface area (Å²) in [7, 11) is 2.00. The summed E-state index contributed by atoms with van der Waals surface area (Å²) in [5.41, 5.74) is 2.68. The molecule has 0 aliphatic carbocycles. The summed E-state index contributed by atoms with van der Waals surface area (Å²) in [5.74, 6) is 0.688. The van der Waals surface area contributed by atoms with Crippen molar-refractivity contribution in [1.29, 1.82) is 0 Å². The molecule has 2 aromatic carbocycles. The maximum Gasteiger partial charge on any atom is 0.231 e. The van der Waals surface area contributed by atoms with E-state index in [1.54, 1.807) is 14.2 Å². The number of piperidine rings is 1. The van der Waals surface area contributed by atoms with Gasteiger partial charge in [0.05, 0.1) is 35.3 Å². The first-order chi connectivity index (χ1) is 20.1. The Kier molecular flexibility index (Phi) is 8.59. The van der Waals surface area contributed by atoms with Gasteiger partial charge in [0.2, 0.25) is 14.3 Å². The van der Waals surface area contributed by atoms with Gasteiger partial charge in [-0.15, -0.1) is 0 Å². The van der Waals surface area contributed by atoms with E-state index in [2.05, 4.69) is 30.4 Å². The second-order valence-corrected chi connectivity index (χ2v) is 11.8. The molecule has 2 aromatic heterocycles. The number of aromatic nitrogens is 3. The van der Waals surface area contributed by atoms with Crippen LogP contribution < -0.4 is 20.8 Å². The van der Waals surface area contributed by atoms with Gasteiger partial charge in [-0.1, -0.05) is 12.1 Å². The first-order valence-corrected chi connectivity index (χ1v) is 15.0. The summed E-state index contributed by atoms with van der Waals surface area (Å²) in [5, 5.41) is 8.33. The summed E-state index contributed by atoms with van der Waals surface area (Å²) in [6, 6.07) is 15.5. The molecule has 0 amide bonds. The van der Waals surface area contributed by atoms with Crippen molar-refractivity contribution in [2.75, 3.05) is 69.1 Å². The fraction of sp³-hybridized carbons (Fsp3) is 0.379. The quantitative estimate of drug-likeness (QED) is 0.234. The molecular weight excluding hydrogens is 544 g/mol. The number of benzene rings is 2. The Hall–Kier alpha value is -3.34. The molecule has 0 saturated carbocycles. The number of fused-ring (bicyclic) bond motifs is 1. The van der Waals surface area contributed by atoms with Crippen molar-refractivity contribution in [2.24, 2.45) is 0 Å². The number of H-pyrrole nitrogens is 1. The van der Waals surface area contributed by atoms with E-state index in [1.165, 1.54) is 6.07 Å². The van der Waals surface area contributed by atoms with Crippen LogP contribution in [-0.4, -0.2) is 79.5 Å². The van der Waals surface area contributed by atoms with E-state index in [4.69, 9.17) is 18.8 Å². The van der Waals surface area contributed by atoms with Crippen LogP contribution in [0.2, 0.25) is 0 Å². The van der Waals surface area contributed by atoms with E-state index in [-0.39, 0.29) is 5.82 Å². The Morgan fingerprint density at radius 1 is 0.976 bits per heavy atom. The van der Waals surface area contributed by atoms with Crippen LogP contribution in [0.3, 0.4) is 0 Å². The molecule has 0 spiro atoms. The Morgan fingerprint density at radius 2 is 1.76 bits per heavy atom. The van der Waals surface area contributed by atoms with Crippen LogP contribution in [0.1, 0.15) is 12.8 Å². The molecule has 12 heteroatoms. The Balaban J connectivity index is 1.18. The third-order valence-electron chi connectivity index (χ3n) is 7.67. The number of halogens is 1. The summed E-state index contributed by atoms with van der Waals surface area (Å²) in [6.07, 6.45) is 3.87. The zero-order valence-electron chi connectivity index (χ0n) is 23.3. The molecular formula is C29H35FN7O3P. The van der Waals surface area contributed by atoms with Gasteiger partial charge in [-0.2, -0.15) is 9.97 Å². The van der Waals surface area contributed by atoms with Crippen LogP contribution in [-0.2, 0) is 13.8 Å². The molecule has 2 saturated heterocycles. The smallest absolute Gasteiger partial charge is 0.231 e. The fourth-order valence-corrected chi connectivity index (χ4v) is 6.69. The van der Waals surface area contributed by atoms with E-state index in [0.29, 0.717) is 34.8 Å². The molecule has 2 aliphatic heterocycles. The van der Waals surface area contributed by atoms with Crippen LogP contribution in [0.15, 0.2) is 54.7 Å². The number of para-hydroxylation sites is 1. The zero-order chi connectivity index (χ0) is 28.2. The highest BCUT2D eigenvalue weighted by molar-refractivity contribution is 7.56. The molecule has 0 bridgehead atoms. The molecule has 4 heterocycles. The van der Waals surface area contributed by atoms with Gasteiger partial charge in [-0.3, -0.25) is 4.90 Å². The Bertz CT molecular complexity index is 1470. The third kappa shape index (κ3) is 6.14. The van der Waals surface area contributed by atoms with Crippen molar-refractivity contribution < 1.29 is 18.2 Å². The summed E-state index contributed by atoms with van der Waals surface area (Å²) in [6.45, 7) is 5.25. The lowest BCUT2D eigenvalue weighted by Gasteiger charge is -2.40. The van der Waals surface area contributed by atoms with Crippen molar-refractivity contribution >= 4 is 53.5 Å². The first kappa shape index (κ1) is 27.8. The molecule has 3 N–H and O–H groups in total. The number of nitrogens with one attached hydrogen (secondary N) is 3. The van der Waals surface area contributed by atoms with Crippen molar-refractivity contribution in [3.05, 3.63) is 60.5 Å². The lowest BCUT2D eigenvalue weighted by Crippen LogP contribution is -2.49. The number of rotatable bonds is 9. The monoisotopic (exact) mass is 579 g/mol. The highest BCUT2D eigenvalue weighted by Gasteiger charge is 2.27. The van der Waals surface area contributed by atoms with Crippen molar-refractivity contribution in [3.8, 4) is 0 Å². The Morgan fingerprint density at radius 3 is 2.51 bits per heavy atom. The zero-order valence-corrected chi connectivity index (χ0v) is 24.2. The van der Waals surface area contributed by atoms with Crippen molar-refractivity contribution in [3.63, 3.8) is 0 Å². The van der Waals surface area contributed by atoms with Crippen LogP contribution in [0, 0.1) is 5.82 Å². The molecule has 2 fully saturated rings. The predicted octanol–water partition coefficient (Wildman–Crippen LogP) is 5.12. The predicted molar refractivity (Wildman–Crippen MR) is 161 cm³/mol. The largest absolute Gasteiger partial charge is 0.379 e. The molecule has 4 aromatic rings. The van der Waals surface area contributed by atoms with Gasteiger partial charge in [0.25, 0.3) is 0 Å². The molecule has 2 aliphatic rings. The number of aromatic amines is 1. The highest BCUT2D eigenvalue weighted by atomic mass is 31.2. The van der Waals surface area contributed by atoms with E-state index in [0.717, 1.165) is 68.6 Å². The summed E-state index contributed by atoms with van der Waals surface area (Å²) in [4.78, 5) is 17.2. The molecule has 0 radical (unpaired) electrons. The lowest BCUT2D eigenvalue weighted by atomic mass is 10.0. The van der Waals surface area contributed by atoms with Gasteiger partial charge >= 0.3 is 0 Å². The van der Waals surface area contributed by atoms with E-state index >= 15 is 4.39 Å². The molecule has 41 heavy (non-hydrogen) atoms. The SMILES string of the molecule is COP(OC)c1ccccc1Nc1nc(Nc2ccc(N3CCC(N4CCOCC4)CC3)c(F)c2)nc2[nH]ccc12. The van der Waals surface area contributed by atoms with Gasteiger partial charge < -0.3 is 34.3 Å². The highest BCUT2D eigenvalue weighted by Crippen LogP contribution is 2.38. The minimum atomic E-state index is -1.25. The number of anilines is 5. The number of hydrogen-bond acceptors (Lipinski definition) is 9. The van der Waals surface area contributed by atoms with Crippen molar-refractivity contribution in [2.45, 2.75) is 18.9 Å². The van der Waals surface area contributed by atoms with Gasteiger partial charge in [-0.25, -0.2) is 4.39 Å². The summed E-state index contributed by atoms with van der Waals surface area (Å²) < 4.78 is 31.9. The third-order valence-corrected chi connectivity index (χ3v) is 9.12.